The molecule has 2 saturated heterocycles. The van der Waals surface area contributed by atoms with E-state index in [0.29, 0.717) is 32.5 Å². The Labute approximate surface area is 223 Å². The summed E-state index contributed by atoms with van der Waals surface area (Å²) in [6.07, 6.45) is 6.88. The molecule has 10 nitrogen and oxygen atoms in total. The molecule has 3 atom stereocenters. The third-order valence-electron chi connectivity index (χ3n) is 7.77. The van der Waals surface area contributed by atoms with E-state index in [1.165, 1.54) is 5.56 Å². The minimum Gasteiger partial charge on any atom is -0.480 e. The monoisotopic (exact) mass is 522 g/mol. The molecular weight excluding hydrogens is 484 g/mol. The lowest BCUT2D eigenvalue weighted by atomic mass is 10.1. The molecule has 1 amide bonds. The van der Waals surface area contributed by atoms with E-state index < -0.39 is 12.0 Å². The van der Waals surface area contributed by atoms with Crippen LogP contribution in [0.1, 0.15) is 36.9 Å². The molecule has 204 valence electrons. The first-order valence-corrected chi connectivity index (χ1v) is 13.8. The average Bonchev–Trinajstić information content (AvgIpc) is 3.61. The fourth-order valence-electron chi connectivity index (χ4n) is 5.56. The zero-order chi connectivity index (χ0) is 26.3. The molecule has 5 heterocycles. The van der Waals surface area contributed by atoms with Gasteiger partial charge in [0.15, 0.2) is 0 Å². The number of aliphatic carboxylic acids is 1. The van der Waals surface area contributed by atoms with Crippen LogP contribution in [0, 0.1) is 5.92 Å². The summed E-state index contributed by atoms with van der Waals surface area (Å²) in [5.41, 5.74) is 2.33. The van der Waals surface area contributed by atoms with Gasteiger partial charge in [-0.2, -0.15) is 0 Å². The van der Waals surface area contributed by atoms with Crippen LogP contribution in [-0.2, 0) is 27.2 Å². The zero-order valence-electron chi connectivity index (χ0n) is 21.8. The minimum atomic E-state index is -0.989. The number of nitrogens with zero attached hydrogens (tertiary/aromatic N) is 4. The molecule has 2 fully saturated rings. The summed E-state index contributed by atoms with van der Waals surface area (Å²) in [5, 5.41) is 15.9. The van der Waals surface area contributed by atoms with Crippen molar-refractivity contribution in [1.29, 1.82) is 0 Å². The van der Waals surface area contributed by atoms with Gasteiger partial charge in [-0.3, -0.25) is 4.79 Å². The van der Waals surface area contributed by atoms with Crippen molar-refractivity contribution >= 4 is 23.5 Å². The van der Waals surface area contributed by atoms with Crippen molar-refractivity contribution in [3.05, 3.63) is 47.8 Å². The normalized spacial score (nSPS) is 22.1. The van der Waals surface area contributed by atoms with E-state index in [1.54, 1.807) is 6.20 Å². The lowest BCUT2D eigenvalue weighted by molar-refractivity contribution is -0.142. The highest BCUT2D eigenvalue weighted by atomic mass is 16.5. The summed E-state index contributed by atoms with van der Waals surface area (Å²) < 4.78 is 6.12. The van der Waals surface area contributed by atoms with Crippen molar-refractivity contribution < 1.29 is 19.4 Å². The number of anilines is 2. The van der Waals surface area contributed by atoms with Gasteiger partial charge in [0.05, 0.1) is 18.6 Å². The number of carbonyl (C=O) groups is 2. The third-order valence-corrected chi connectivity index (χ3v) is 7.77. The molecule has 0 radical (unpaired) electrons. The fraction of sp³-hybridized carbons (Fsp3) is 0.571. The van der Waals surface area contributed by atoms with E-state index in [0.717, 1.165) is 69.2 Å². The Morgan fingerprint density at radius 1 is 1.18 bits per heavy atom. The first-order chi connectivity index (χ1) is 18.5. The van der Waals surface area contributed by atoms with E-state index >= 15 is 0 Å². The number of likely N-dealkylation sites (tertiary alicyclic amines) is 1. The Bertz CT molecular complexity index is 1100. The second kappa shape index (κ2) is 12.5. The molecule has 1 unspecified atom stereocenters. The molecule has 5 rings (SSSR count). The Morgan fingerprint density at radius 2 is 2.11 bits per heavy atom. The number of ether oxygens (including phenoxy) is 1. The Balaban J connectivity index is 1.02. The second-order valence-corrected chi connectivity index (χ2v) is 10.5. The Hall–Kier alpha value is -3.24. The van der Waals surface area contributed by atoms with E-state index in [4.69, 9.17) is 9.72 Å². The van der Waals surface area contributed by atoms with Crippen LogP contribution in [0.4, 0.5) is 11.6 Å². The van der Waals surface area contributed by atoms with Crippen molar-refractivity contribution in [2.45, 2.75) is 50.7 Å². The molecule has 0 saturated carbocycles. The van der Waals surface area contributed by atoms with Crippen molar-refractivity contribution in [1.82, 2.24) is 20.2 Å². The van der Waals surface area contributed by atoms with Crippen LogP contribution in [0.25, 0.3) is 0 Å². The topological polar surface area (TPSA) is 120 Å². The first kappa shape index (κ1) is 26.4. The van der Waals surface area contributed by atoms with Gasteiger partial charge < -0.3 is 30.3 Å². The number of pyridine rings is 2. The highest BCUT2D eigenvalue weighted by Crippen LogP contribution is 2.23. The number of hydrogen-bond donors (Lipinski definition) is 3. The largest absolute Gasteiger partial charge is 0.480 e. The predicted molar refractivity (Wildman–Crippen MR) is 144 cm³/mol. The standard InChI is InChI=1S/C28H38N6O4/c35-27(21-8-16-34(18-21)25-5-1-2-12-29-25)32-24(28(36)37)10-15-33-14-9-23(19-33)38-17-11-22-7-6-20-4-3-13-30-26(20)31-22/h1-2,5-7,12,21,23-24H,3-4,8-11,13-19H2,(H,30,31)(H,32,35)(H,36,37)/t21-,23-,24?/m1/s1. The lowest BCUT2D eigenvalue weighted by Gasteiger charge is -2.21. The maximum Gasteiger partial charge on any atom is 0.326 e. The van der Waals surface area contributed by atoms with Gasteiger partial charge in [-0.1, -0.05) is 12.1 Å². The van der Waals surface area contributed by atoms with Gasteiger partial charge in [0.25, 0.3) is 0 Å². The number of hydrogen-bond acceptors (Lipinski definition) is 8. The molecule has 0 aliphatic carbocycles. The van der Waals surface area contributed by atoms with Gasteiger partial charge in [-0.05, 0) is 55.9 Å². The molecule has 10 heteroatoms. The van der Waals surface area contributed by atoms with Crippen molar-refractivity contribution in [2.75, 3.05) is 56.1 Å². The third kappa shape index (κ3) is 6.79. The molecule has 0 bridgehead atoms. The highest BCUT2D eigenvalue weighted by molar-refractivity contribution is 5.85. The van der Waals surface area contributed by atoms with E-state index in [-0.39, 0.29) is 17.9 Å². The molecule has 3 aliphatic rings. The molecule has 3 aliphatic heterocycles. The number of fused-ring (bicyclic) bond motifs is 1. The fourth-order valence-corrected chi connectivity index (χ4v) is 5.56. The number of carboxylic acids is 1. The maximum atomic E-state index is 12.8. The number of amides is 1. The number of nitrogens with one attached hydrogen (secondary N) is 2. The smallest absolute Gasteiger partial charge is 0.326 e. The molecular formula is C28H38N6O4. The number of carbonyl (C=O) groups excluding carboxylic acids is 1. The van der Waals surface area contributed by atoms with E-state index in [9.17, 15) is 14.7 Å². The molecule has 0 aromatic carbocycles. The minimum absolute atomic E-state index is 0.139. The van der Waals surface area contributed by atoms with Crippen LogP contribution in [-0.4, -0.2) is 89.9 Å². The van der Waals surface area contributed by atoms with Gasteiger partial charge in [0.2, 0.25) is 5.91 Å². The highest BCUT2D eigenvalue weighted by Gasteiger charge is 2.32. The molecule has 38 heavy (non-hydrogen) atoms. The Morgan fingerprint density at radius 3 is 2.95 bits per heavy atom. The quantitative estimate of drug-likeness (QED) is 0.407. The summed E-state index contributed by atoms with van der Waals surface area (Å²) in [4.78, 5) is 38.1. The molecule has 3 N–H and O–H groups in total. The van der Waals surface area contributed by atoms with Crippen LogP contribution in [0.5, 0.6) is 0 Å². The number of carboxylic acid groups (broad SMARTS) is 1. The zero-order valence-corrected chi connectivity index (χ0v) is 21.8. The predicted octanol–water partition coefficient (Wildman–Crippen LogP) is 1.95. The first-order valence-electron chi connectivity index (χ1n) is 13.8. The summed E-state index contributed by atoms with van der Waals surface area (Å²) in [6.45, 7) is 5.15. The van der Waals surface area contributed by atoms with Crippen LogP contribution in [0.15, 0.2) is 36.5 Å². The number of rotatable bonds is 11. The molecule has 2 aromatic rings. The van der Waals surface area contributed by atoms with E-state index in [2.05, 4.69) is 37.6 Å². The van der Waals surface area contributed by atoms with Crippen LogP contribution < -0.4 is 15.5 Å². The lowest BCUT2D eigenvalue weighted by Crippen LogP contribution is -2.45. The summed E-state index contributed by atoms with van der Waals surface area (Å²) >= 11 is 0. The van der Waals surface area contributed by atoms with Crippen molar-refractivity contribution in [3.63, 3.8) is 0 Å². The van der Waals surface area contributed by atoms with Gasteiger partial charge in [0.1, 0.15) is 17.7 Å². The van der Waals surface area contributed by atoms with Crippen LogP contribution in [0.2, 0.25) is 0 Å². The maximum absolute atomic E-state index is 12.8. The van der Waals surface area contributed by atoms with Gasteiger partial charge >= 0.3 is 5.97 Å². The summed E-state index contributed by atoms with van der Waals surface area (Å²) in [6, 6.07) is 9.08. The SMILES string of the molecule is O=C(O)C(CCN1CC[C@@H](OCCc2ccc3c(n2)NCCC3)C1)NC(=O)[C@@H]1CCN(c2ccccn2)C1. The number of aromatic nitrogens is 2. The van der Waals surface area contributed by atoms with E-state index in [1.807, 2.05) is 18.2 Å². The van der Waals surface area contributed by atoms with Gasteiger partial charge in [0, 0.05) is 57.6 Å². The number of aryl methyl sites for hydroxylation is 1. The van der Waals surface area contributed by atoms with Gasteiger partial charge in [-0.15, -0.1) is 0 Å². The molecule has 0 spiro atoms. The average molecular weight is 523 g/mol. The molecule has 2 aromatic heterocycles. The Kier molecular flexibility index (Phi) is 8.70. The summed E-state index contributed by atoms with van der Waals surface area (Å²) in [5.74, 6) is 0.448. The summed E-state index contributed by atoms with van der Waals surface area (Å²) in [7, 11) is 0. The second-order valence-electron chi connectivity index (χ2n) is 10.5. The van der Waals surface area contributed by atoms with Crippen LogP contribution >= 0.6 is 0 Å². The van der Waals surface area contributed by atoms with Crippen molar-refractivity contribution in [2.24, 2.45) is 5.92 Å². The van der Waals surface area contributed by atoms with Crippen LogP contribution in [0.3, 0.4) is 0 Å². The van der Waals surface area contributed by atoms with Gasteiger partial charge in [-0.25, -0.2) is 14.8 Å². The van der Waals surface area contributed by atoms with Crippen molar-refractivity contribution in [3.8, 4) is 0 Å².